The Kier molecular flexibility index (Phi) is 6.28. The van der Waals surface area contributed by atoms with Crippen LogP contribution in [0, 0.1) is 6.92 Å². The molecule has 2 aromatic heterocycles. The number of para-hydroxylation sites is 1. The van der Waals surface area contributed by atoms with Crippen LogP contribution in [0.2, 0.25) is 0 Å². The fraction of sp³-hybridized carbons (Fsp3) is 0.333. The van der Waals surface area contributed by atoms with Gasteiger partial charge < -0.3 is 39.1 Å². The average molecular weight is 509 g/mol. The Morgan fingerprint density at radius 1 is 1.14 bits per heavy atom. The van der Waals surface area contributed by atoms with Crippen molar-refractivity contribution in [1.29, 1.82) is 0 Å². The number of ether oxygens (including phenoxy) is 3. The van der Waals surface area contributed by atoms with E-state index in [0.717, 1.165) is 10.9 Å². The first-order valence-corrected chi connectivity index (χ1v) is 11.8. The Morgan fingerprint density at radius 2 is 1.89 bits per heavy atom. The van der Waals surface area contributed by atoms with Gasteiger partial charge in [-0.25, -0.2) is 4.79 Å². The van der Waals surface area contributed by atoms with Gasteiger partial charge in [-0.1, -0.05) is 18.2 Å². The van der Waals surface area contributed by atoms with Crippen molar-refractivity contribution in [2.45, 2.75) is 51.0 Å². The second-order valence-corrected chi connectivity index (χ2v) is 9.60. The Hall–Kier alpha value is -3.70. The Morgan fingerprint density at radius 3 is 2.65 bits per heavy atom. The third kappa shape index (κ3) is 4.38. The number of carbonyl (C=O) groups is 1. The van der Waals surface area contributed by atoms with Crippen molar-refractivity contribution in [3.63, 3.8) is 0 Å². The molecule has 4 atom stereocenters. The molecule has 0 bridgehead atoms. The van der Waals surface area contributed by atoms with E-state index in [1.54, 1.807) is 39.1 Å². The van der Waals surface area contributed by atoms with Crippen LogP contribution >= 0.6 is 0 Å². The number of carbonyl (C=O) groups excluding carboxylic acids is 1. The lowest BCUT2D eigenvalue weighted by Gasteiger charge is -2.46. The summed E-state index contributed by atoms with van der Waals surface area (Å²) in [4.78, 5) is 28.7. The first-order valence-electron chi connectivity index (χ1n) is 11.8. The van der Waals surface area contributed by atoms with Crippen LogP contribution in [0.15, 0.2) is 57.9 Å². The summed E-state index contributed by atoms with van der Waals surface area (Å²) in [6, 6.07) is 12.2. The predicted octanol–water partition coefficient (Wildman–Crippen LogP) is 3.09. The van der Waals surface area contributed by atoms with E-state index in [4.69, 9.17) is 18.6 Å². The van der Waals surface area contributed by atoms with Crippen molar-refractivity contribution in [2.75, 3.05) is 12.4 Å². The number of aromatic amines is 1. The van der Waals surface area contributed by atoms with E-state index in [-0.39, 0.29) is 11.3 Å². The molecule has 1 saturated heterocycles. The number of anilines is 1. The molecular formula is C27H28N2O8. The lowest BCUT2D eigenvalue weighted by Crippen LogP contribution is -2.63. The van der Waals surface area contributed by atoms with Crippen LogP contribution < -0.4 is 15.7 Å². The molecule has 5 rings (SSSR count). The van der Waals surface area contributed by atoms with Crippen LogP contribution in [0.4, 0.5) is 5.69 Å². The molecule has 4 N–H and O–H groups in total. The number of hydrogen-bond acceptors (Lipinski definition) is 8. The lowest BCUT2D eigenvalue weighted by atomic mass is 9.89. The molecule has 194 valence electrons. The third-order valence-electron chi connectivity index (χ3n) is 6.72. The van der Waals surface area contributed by atoms with Crippen LogP contribution in [-0.2, 0) is 9.47 Å². The quantitative estimate of drug-likeness (QED) is 0.301. The lowest BCUT2D eigenvalue weighted by molar-refractivity contribution is -0.306. The van der Waals surface area contributed by atoms with Crippen LogP contribution in [0.1, 0.15) is 29.8 Å². The molecule has 0 radical (unpaired) electrons. The van der Waals surface area contributed by atoms with E-state index in [9.17, 15) is 19.8 Å². The van der Waals surface area contributed by atoms with Crippen LogP contribution in [0.25, 0.3) is 21.9 Å². The summed E-state index contributed by atoms with van der Waals surface area (Å²) in [7, 11) is 1.43. The number of benzene rings is 2. The summed E-state index contributed by atoms with van der Waals surface area (Å²) >= 11 is 0. The highest BCUT2D eigenvalue weighted by Crippen LogP contribution is 2.35. The number of aliphatic hydroxyl groups is 2. The minimum atomic E-state index is -1.37. The summed E-state index contributed by atoms with van der Waals surface area (Å²) in [6.07, 6.45) is -2.96. The first kappa shape index (κ1) is 25.0. The van der Waals surface area contributed by atoms with Gasteiger partial charge in [-0.3, -0.25) is 4.79 Å². The Labute approximate surface area is 211 Å². The molecule has 0 spiro atoms. The summed E-state index contributed by atoms with van der Waals surface area (Å²) in [5, 5.41) is 25.0. The largest absolute Gasteiger partial charge is 0.462 e. The maximum absolute atomic E-state index is 12.9. The molecule has 4 aromatic rings. The number of nitrogens with one attached hydrogen (secondary N) is 2. The van der Waals surface area contributed by atoms with E-state index in [1.165, 1.54) is 13.2 Å². The van der Waals surface area contributed by atoms with Crippen LogP contribution in [0.5, 0.6) is 5.75 Å². The highest BCUT2D eigenvalue weighted by Gasteiger charge is 2.50. The minimum absolute atomic E-state index is 0.00244. The van der Waals surface area contributed by atoms with Gasteiger partial charge in [-0.2, -0.15) is 0 Å². The normalized spacial score (nSPS) is 23.3. The van der Waals surface area contributed by atoms with Gasteiger partial charge >= 0.3 is 5.63 Å². The number of aliphatic hydroxyl groups excluding tert-OH is 2. The molecule has 1 aliphatic heterocycles. The van der Waals surface area contributed by atoms with Crippen molar-refractivity contribution in [1.82, 2.24) is 4.98 Å². The monoisotopic (exact) mass is 508 g/mol. The first-order chi connectivity index (χ1) is 17.6. The maximum Gasteiger partial charge on any atom is 0.360 e. The van der Waals surface area contributed by atoms with Crippen molar-refractivity contribution >= 4 is 33.5 Å². The van der Waals surface area contributed by atoms with E-state index < -0.39 is 41.7 Å². The van der Waals surface area contributed by atoms with E-state index in [0.29, 0.717) is 22.3 Å². The number of aromatic nitrogens is 1. The maximum atomic E-state index is 12.9. The predicted molar refractivity (Wildman–Crippen MR) is 136 cm³/mol. The van der Waals surface area contributed by atoms with E-state index in [1.807, 2.05) is 24.3 Å². The molecule has 10 heteroatoms. The molecule has 2 aromatic carbocycles. The molecule has 0 aliphatic carbocycles. The van der Waals surface area contributed by atoms with Gasteiger partial charge in [0.25, 0.3) is 5.91 Å². The topological polar surface area (TPSA) is 143 Å². The van der Waals surface area contributed by atoms with Gasteiger partial charge in [-0.15, -0.1) is 0 Å². The highest BCUT2D eigenvalue weighted by atomic mass is 16.7. The van der Waals surface area contributed by atoms with Crippen LogP contribution in [-0.4, -0.2) is 58.4 Å². The molecule has 1 amide bonds. The average Bonchev–Trinajstić information content (AvgIpc) is 3.29. The van der Waals surface area contributed by atoms with Gasteiger partial charge in [0.15, 0.2) is 0 Å². The number of rotatable bonds is 5. The van der Waals surface area contributed by atoms with E-state index >= 15 is 0 Å². The zero-order chi connectivity index (χ0) is 26.5. The van der Waals surface area contributed by atoms with Crippen molar-refractivity contribution in [3.05, 3.63) is 70.2 Å². The van der Waals surface area contributed by atoms with E-state index in [2.05, 4.69) is 10.3 Å². The fourth-order valence-corrected chi connectivity index (χ4v) is 4.80. The molecule has 0 saturated carbocycles. The highest BCUT2D eigenvalue weighted by molar-refractivity contribution is 6.13. The zero-order valence-electron chi connectivity index (χ0n) is 20.8. The summed E-state index contributed by atoms with van der Waals surface area (Å²) in [6.45, 7) is 5.15. The Bertz CT molecular complexity index is 1540. The molecular weight excluding hydrogens is 480 g/mol. The molecule has 1 fully saturated rings. The number of amides is 1. The Balaban J connectivity index is 1.41. The summed E-state index contributed by atoms with van der Waals surface area (Å²) in [5.41, 5.74) is 0.289. The number of H-pyrrole nitrogens is 1. The fourth-order valence-electron chi connectivity index (χ4n) is 4.80. The third-order valence-corrected chi connectivity index (χ3v) is 6.72. The molecule has 1 aliphatic rings. The number of fused-ring (bicyclic) bond motifs is 2. The molecule has 3 heterocycles. The number of methoxy groups -OCH3 is 1. The SMILES string of the molecule is COC1C(O)C(O)C(Oc2ccc3cc(NC(=O)c4c[nH]c5ccccc45)c(=O)oc3c2C)OC1(C)C. The second kappa shape index (κ2) is 9.31. The molecule has 37 heavy (non-hydrogen) atoms. The summed E-state index contributed by atoms with van der Waals surface area (Å²) < 4.78 is 22.6. The smallest absolute Gasteiger partial charge is 0.360 e. The van der Waals surface area contributed by atoms with Gasteiger partial charge in [-0.05, 0) is 45.0 Å². The number of hydrogen-bond donors (Lipinski definition) is 4. The zero-order valence-corrected chi connectivity index (χ0v) is 20.8. The van der Waals surface area contributed by atoms with Gasteiger partial charge in [0, 0.05) is 35.2 Å². The van der Waals surface area contributed by atoms with Crippen molar-refractivity contribution in [3.8, 4) is 5.75 Å². The van der Waals surface area contributed by atoms with Crippen LogP contribution in [0.3, 0.4) is 0 Å². The van der Waals surface area contributed by atoms with Crippen molar-refractivity contribution < 1.29 is 33.6 Å². The number of aryl methyl sites for hydroxylation is 1. The second-order valence-electron chi connectivity index (χ2n) is 9.60. The standard InChI is InChI=1S/C27H28N2O8/c1-13-19(35-26-21(31)20(30)23(34-4)27(2,3)37-26)10-9-14-11-18(25(33)36-22(13)14)29-24(32)16-12-28-17-8-6-5-7-15(16)17/h5-12,20-21,23,26,28,30-31H,1-4H3,(H,29,32). The molecule has 4 unspecified atom stereocenters. The van der Waals surface area contributed by atoms with Gasteiger partial charge in [0.1, 0.15) is 35.3 Å². The summed E-state index contributed by atoms with van der Waals surface area (Å²) in [5.74, 6) is -0.145. The molecule has 10 nitrogen and oxygen atoms in total. The van der Waals surface area contributed by atoms with Crippen molar-refractivity contribution in [2.24, 2.45) is 0 Å². The van der Waals surface area contributed by atoms with Gasteiger partial charge in [0.2, 0.25) is 6.29 Å². The van der Waals surface area contributed by atoms with Gasteiger partial charge in [0.05, 0.1) is 11.2 Å². The minimum Gasteiger partial charge on any atom is -0.462 e.